The summed E-state index contributed by atoms with van der Waals surface area (Å²) in [5.41, 5.74) is 0.529. The third-order valence-electron chi connectivity index (χ3n) is 6.82. The number of unbranched alkanes of at least 4 members (excludes halogenated alkanes) is 21. The van der Waals surface area contributed by atoms with Crippen molar-refractivity contribution in [2.24, 2.45) is 0 Å². The van der Waals surface area contributed by atoms with Crippen LogP contribution >= 0.6 is 0 Å². The Labute approximate surface area is 205 Å². The zero-order valence-corrected chi connectivity index (χ0v) is 21.8. The van der Waals surface area contributed by atoms with Gasteiger partial charge < -0.3 is 10.2 Å². The zero-order valence-electron chi connectivity index (χ0n) is 21.8. The van der Waals surface area contributed by atoms with Gasteiger partial charge in [0.15, 0.2) is 0 Å². The molecule has 1 aromatic rings. The van der Waals surface area contributed by atoms with Crippen LogP contribution in [0.25, 0.3) is 6.08 Å². The van der Waals surface area contributed by atoms with E-state index in [2.05, 4.69) is 13.0 Å². The number of phenolic OH excluding ortho intramolecular Hbond substituents is 2. The maximum atomic E-state index is 9.76. The highest BCUT2D eigenvalue weighted by molar-refractivity contribution is 5.63. The molecule has 1 aromatic carbocycles. The minimum Gasteiger partial charge on any atom is -0.507 e. The molecule has 2 N–H and O–H groups in total. The Morgan fingerprint density at radius 2 is 0.848 bits per heavy atom. The van der Waals surface area contributed by atoms with Crippen molar-refractivity contribution in [3.8, 4) is 11.5 Å². The molecular formula is C31H54O2. The molecule has 1 rings (SSSR count). The molecule has 0 saturated carbocycles. The molecule has 0 aliphatic carbocycles. The van der Waals surface area contributed by atoms with Crippen LogP contribution in [-0.4, -0.2) is 10.2 Å². The Hall–Kier alpha value is -1.44. The lowest BCUT2D eigenvalue weighted by atomic mass is 10.0. The molecule has 0 saturated heterocycles. The van der Waals surface area contributed by atoms with E-state index >= 15 is 0 Å². The molecule has 33 heavy (non-hydrogen) atoms. The molecule has 0 atom stereocenters. The number of hydrogen-bond donors (Lipinski definition) is 2. The molecule has 0 spiro atoms. The molecule has 0 fully saturated rings. The second kappa shape index (κ2) is 22.4. The molecule has 2 heteroatoms. The first-order valence-electron chi connectivity index (χ1n) is 14.4. The summed E-state index contributed by atoms with van der Waals surface area (Å²) in [6, 6.07) is 4.87. The highest BCUT2D eigenvalue weighted by atomic mass is 16.3. The Bertz CT molecular complexity index is 558. The van der Waals surface area contributed by atoms with Crippen LogP contribution in [0.5, 0.6) is 11.5 Å². The monoisotopic (exact) mass is 458 g/mol. The highest BCUT2D eigenvalue weighted by Gasteiger charge is 2.01. The smallest absolute Gasteiger partial charge is 0.126 e. The number of hydrogen-bond acceptors (Lipinski definition) is 2. The van der Waals surface area contributed by atoms with Gasteiger partial charge in [-0.25, -0.2) is 0 Å². The van der Waals surface area contributed by atoms with Crippen LogP contribution < -0.4 is 0 Å². The van der Waals surface area contributed by atoms with Crippen molar-refractivity contribution in [3.63, 3.8) is 0 Å². The molecule has 0 aromatic heterocycles. The summed E-state index contributed by atoms with van der Waals surface area (Å²) in [4.78, 5) is 0. The second-order valence-electron chi connectivity index (χ2n) is 9.97. The summed E-state index contributed by atoms with van der Waals surface area (Å²) in [5, 5.41) is 19.5. The van der Waals surface area contributed by atoms with Crippen molar-refractivity contribution in [2.75, 3.05) is 0 Å². The van der Waals surface area contributed by atoms with E-state index in [0.717, 1.165) is 6.42 Å². The maximum Gasteiger partial charge on any atom is 0.126 e. The predicted molar refractivity (Wildman–Crippen MR) is 146 cm³/mol. The van der Waals surface area contributed by atoms with Gasteiger partial charge in [0.2, 0.25) is 0 Å². The maximum absolute atomic E-state index is 9.76. The van der Waals surface area contributed by atoms with E-state index in [4.69, 9.17) is 0 Å². The molecule has 0 heterocycles. The minimum absolute atomic E-state index is 0.144. The Balaban J connectivity index is 1.75. The number of rotatable bonds is 23. The normalized spacial score (nSPS) is 11.5. The van der Waals surface area contributed by atoms with E-state index in [1.807, 2.05) is 6.08 Å². The van der Waals surface area contributed by atoms with Crippen molar-refractivity contribution < 1.29 is 10.2 Å². The number of phenols is 2. The Kier molecular flexibility index (Phi) is 20.0. The van der Waals surface area contributed by atoms with Gasteiger partial charge in [-0.2, -0.15) is 0 Å². The first-order valence-corrected chi connectivity index (χ1v) is 14.4. The standard InChI is InChI=1S/C31H54O2/c1-2-3-4-5-6-7-8-9-10-11-12-13-14-15-16-17-18-19-20-21-22-23-24-26-29-30(32)27-25-28-31(29)33/h24-28,32-33H,2-23H2,1H3. The van der Waals surface area contributed by atoms with Crippen LogP contribution in [0.1, 0.15) is 154 Å². The van der Waals surface area contributed by atoms with E-state index in [0.29, 0.717) is 5.56 Å². The quantitative estimate of drug-likeness (QED) is 0.160. The molecule has 0 radical (unpaired) electrons. The van der Waals surface area contributed by atoms with Gasteiger partial charge in [0.1, 0.15) is 11.5 Å². The molecule has 0 aliphatic heterocycles. The largest absolute Gasteiger partial charge is 0.507 e. The minimum atomic E-state index is 0.144. The van der Waals surface area contributed by atoms with Gasteiger partial charge in [-0.3, -0.25) is 0 Å². The van der Waals surface area contributed by atoms with Gasteiger partial charge in [-0.15, -0.1) is 0 Å². The van der Waals surface area contributed by atoms with Gasteiger partial charge in [-0.05, 0) is 25.0 Å². The zero-order chi connectivity index (χ0) is 23.8. The molecule has 0 bridgehead atoms. The molecule has 0 unspecified atom stereocenters. The number of allylic oxidation sites excluding steroid dienone is 1. The van der Waals surface area contributed by atoms with Crippen LogP contribution in [0.4, 0.5) is 0 Å². The van der Waals surface area contributed by atoms with E-state index in [1.54, 1.807) is 18.2 Å². The summed E-state index contributed by atoms with van der Waals surface area (Å²) in [6.45, 7) is 2.29. The van der Waals surface area contributed by atoms with Gasteiger partial charge >= 0.3 is 0 Å². The van der Waals surface area contributed by atoms with Crippen molar-refractivity contribution in [2.45, 2.75) is 148 Å². The summed E-state index contributed by atoms with van der Waals surface area (Å²) in [7, 11) is 0. The van der Waals surface area contributed by atoms with Crippen molar-refractivity contribution in [3.05, 3.63) is 29.8 Å². The molecular weight excluding hydrogens is 404 g/mol. The van der Waals surface area contributed by atoms with Crippen molar-refractivity contribution in [1.82, 2.24) is 0 Å². The van der Waals surface area contributed by atoms with Gasteiger partial charge in [0.25, 0.3) is 0 Å². The summed E-state index contributed by atoms with van der Waals surface area (Å²) >= 11 is 0. The van der Waals surface area contributed by atoms with E-state index in [1.165, 1.54) is 135 Å². The van der Waals surface area contributed by atoms with Crippen LogP contribution in [-0.2, 0) is 0 Å². The molecule has 0 amide bonds. The number of aromatic hydroxyl groups is 2. The van der Waals surface area contributed by atoms with Crippen molar-refractivity contribution in [1.29, 1.82) is 0 Å². The van der Waals surface area contributed by atoms with Gasteiger partial charge in [0, 0.05) is 0 Å². The molecule has 190 valence electrons. The van der Waals surface area contributed by atoms with Crippen molar-refractivity contribution >= 4 is 6.08 Å². The summed E-state index contributed by atoms with van der Waals surface area (Å²) in [5.74, 6) is 0.287. The summed E-state index contributed by atoms with van der Waals surface area (Å²) in [6.07, 6.45) is 34.5. The topological polar surface area (TPSA) is 40.5 Å². The third-order valence-corrected chi connectivity index (χ3v) is 6.82. The lowest BCUT2D eigenvalue weighted by Crippen LogP contribution is -1.84. The average Bonchev–Trinajstić information content (AvgIpc) is 2.81. The van der Waals surface area contributed by atoms with Crippen LogP contribution in [0.15, 0.2) is 24.3 Å². The fourth-order valence-corrected chi connectivity index (χ4v) is 4.61. The van der Waals surface area contributed by atoms with Crippen LogP contribution in [0, 0.1) is 0 Å². The Morgan fingerprint density at radius 3 is 1.21 bits per heavy atom. The van der Waals surface area contributed by atoms with Crippen LogP contribution in [0.3, 0.4) is 0 Å². The summed E-state index contributed by atoms with van der Waals surface area (Å²) < 4.78 is 0. The fraction of sp³-hybridized carbons (Fsp3) is 0.742. The van der Waals surface area contributed by atoms with Gasteiger partial charge in [-0.1, -0.05) is 154 Å². The van der Waals surface area contributed by atoms with Gasteiger partial charge in [0.05, 0.1) is 5.56 Å². The predicted octanol–water partition coefficient (Wildman–Crippen LogP) is 10.7. The lowest BCUT2D eigenvalue weighted by Gasteiger charge is -2.04. The van der Waals surface area contributed by atoms with E-state index in [-0.39, 0.29) is 11.5 Å². The first kappa shape index (κ1) is 29.6. The Morgan fingerprint density at radius 1 is 0.515 bits per heavy atom. The fourth-order valence-electron chi connectivity index (χ4n) is 4.61. The first-order chi connectivity index (χ1) is 16.3. The molecule has 2 nitrogen and oxygen atoms in total. The van der Waals surface area contributed by atoms with E-state index < -0.39 is 0 Å². The molecule has 0 aliphatic rings. The third kappa shape index (κ3) is 17.7. The van der Waals surface area contributed by atoms with Crippen LogP contribution in [0.2, 0.25) is 0 Å². The second-order valence-corrected chi connectivity index (χ2v) is 9.97. The lowest BCUT2D eigenvalue weighted by molar-refractivity contribution is 0.448. The SMILES string of the molecule is CCCCCCCCCCCCCCCCCCCCCCCC=Cc1c(O)cccc1O. The number of benzene rings is 1. The average molecular weight is 459 g/mol. The van der Waals surface area contributed by atoms with E-state index in [9.17, 15) is 10.2 Å². The highest BCUT2D eigenvalue weighted by Crippen LogP contribution is 2.27.